The van der Waals surface area contributed by atoms with E-state index in [2.05, 4.69) is 73.1 Å². The molecule has 0 spiro atoms. The predicted molar refractivity (Wildman–Crippen MR) is 333 cm³/mol. The van der Waals surface area contributed by atoms with E-state index in [0.29, 0.717) is 13.1 Å². The van der Waals surface area contributed by atoms with Gasteiger partial charge in [-0.15, -0.1) is 0 Å². The molecule has 0 heterocycles. The smallest absolute Gasteiger partial charge is 0.410 e. The summed E-state index contributed by atoms with van der Waals surface area (Å²) < 4.78 is 27.0. The molecule has 16 heteroatoms. The van der Waals surface area contributed by atoms with Crippen LogP contribution in [-0.4, -0.2) is 138 Å². The van der Waals surface area contributed by atoms with Crippen LogP contribution in [0.5, 0.6) is 0 Å². The zero-order chi connectivity index (χ0) is 61.3. The van der Waals surface area contributed by atoms with Crippen molar-refractivity contribution in [2.45, 2.75) is 273 Å². The lowest BCUT2D eigenvalue weighted by Gasteiger charge is -2.28. The Hall–Kier alpha value is -4.73. The summed E-state index contributed by atoms with van der Waals surface area (Å²) in [6.45, 7) is 28.2. The lowest BCUT2D eigenvalue weighted by Crippen LogP contribution is -2.44. The van der Waals surface area contributed by atoms with Crippen LogP contribution < -0.4 is 10.6 Å². The van der Waals surface area contributed by atoms with E-state index in [1.165, 1.54) is 113 Å². The summed E-state index contributed by atoms with van der Waals surface area (Å²) in [5.41, 5.74) is -2.49. The quantitative estimate of drug-likeness (QED) is 0.0301. The fraction of sp³-hybridized carbons (Fsp3) is 0.800. The number of alkyl carbamates (subject to hydrolysis) is 2. The molecule has 0 unspecified atom stereocenters. The van der Waals surface area contributed by atoms with Gasteiger partial charge in [-0.2, -0.15) is 0 Å². The molecule has 0 aromatic rings. The Bertz CT molecular complexity index is 1680. The van der Waals surface area contributed by atoms with E-state index in [4.69, 9.17) is 28.8 Å². The molecule has 16 nitrogen and oxygen atoms in total. The molecule has 3 N–H and O–H groups in total. The monoisotopic (exact) mass is 1150 g/mol. The van der Waals surface area contributed by atoms with Crippen LogP contribution in [-0.2, 0) is 23.7 Å². The second kappa shape index (κ2) is 48.8. The van der Waals surface area contributed by atoms with Crippen LogP contribution in [0.25, 0.3) is 0 Å². The number of carbonyl (C=O) groups excluding carboxylic acids is 5. The third-order valence-electron chi connectivity index (χ3n) is 11.9. The van der Waals surface area contributed by atoms with E-state index in [9.17, 15) is 24.0 Å². The predicted octanol–water partition coefficient (Wildman–Crippen LogP) is 16.6. The Labute approximate surface area is 494 Å². The Morgan fingerprint density at radius 1 is 0.370 bits per heavy atom. The maximum Gasteiger partial charge on any atom is 0.410 e. The van der Waals surface area contributed by atoms with Crippen molar-refractivity contribution in [3.8, 4) is 0 Å². The molecule has 0 bridgehead atoms. The first kappa shape index (κ1) is 78.3. The van der Waals surface area contributed by atoms with E-state index in [1.807, 2.05) is 25.7 Å². The van der Waals surface area contributed by atoms with E-state index in [1.54, 1.807) is 62.3 Å². The Morgan fingerprint density at radius 2 is 0.679 bits per heavy atom. The standard InChI is InChI=1S/C51H93N3O6.C14H28N2O5/c1-9-11-13-15-17-19-21-23-25-27-29-31-33-35-37-39-42-53(43-40-38-36-34-32-30-28-26-24-22-20-18-16-14-12-10-2)48(56)58-46-45-54(49(57)60-51(6,7)8)44-41-52-47(55)59-50(3,4)5;1-13(2,3)20-11(18)15-7-8-16(9-10-17)12(19)21-14(4,5)6/h17-20,23-26H,9-16,21-22,27-46H2,1-8H3,(H,52,55);17H,7-10H2,1-6H3,(H,15,18)/b19-17-,20-18-,25-23-,26-24-;. The van der Waals surface area contributed by atoms with Gasteiger partial charge < -0.3 is 54.1 Å². The van der Waals surface area contributed by atoms with E-state index in [0.717, 1.165) is 51.4 Å². The molecular weight excluding hydrogens is 1030 g/mol. The first-order valence-corrected chi connectivity index (χ1v) is 31.3. The molecule has 81 heavy (non-hydrogen) atoms. The first-order chi connectivity index (χ1) is 38.2. The fourth-order valence-corrected chi connectivity index (χ4v) is 7.79. The number of nitrogens with one attached hydrogen (secondary N) is 2. The van der Waals surface area contributed by atoms with Crippen LogP contribution in [0.15, 0.2) is 48.6 Å². The number of hydrogen-bond acceptors (Lipinski definition) is 11. The number of amides is 5. The third-order valence-corrected chi connectivity index (χ3v) is 11.9. The molecule has 0 saturated carbocycles. The largest absolute Gasteiger partial charge is 0.448 e. The molecule has 0 aromatic heterocycles. The summed E-state index contributed by atoms with van der Waals surface area (Å²) in [6.07, 6.45) is 44.2. The van der Waals surface area contributed by atoms with Gasteiger partial charge in [0.2, 0.25) is 0 Å². The molecule has 472 valence electrons. The normalized spacial score (nSPS) is 12.1. The van der Waals surface area contributed by atoms with Crippen LogP contribution in [0.4, 0.5) is 24.0 Å². The van der Waals surface area contributed by atoms with E-state index < -0.39 is 46.8 Å². The van der Waals surface area contributed by atoms with Gasteiger partial charge in [0, 0.05) is 45.8 Å². The van der Waals surface area contributed by atoms with Gasteiger partial charge in [-0.3, -0.25) is 0 Å². The molecule has 0 rings (SSSR count). The number of carbonyl (C=O) groups is 5. The maximum atomic E-state index is 13.4. The number of hydrogen-bond donors (Lipinski definition) is 3. The molecular formula is C65H121N5O11. The van der Waals surface area contributed by atoms with Crippen molar-refractivity contribution in [3.05, 3.63) is 48.6 Å². The highest BCUT2D eigenvalue weighted by molar-refractivity contribution is 5.70. The zero-order valence-electron chi connectivity index (χ0n) is 54.0. The number of unbranched alkanes of at least 4 members (excludes halogenated alkanes) is 18. The lowest BCUT2D eigenvalue weighted by molar-refractivity contribution is 0.0185. The van der Waals surface area contributed by atoms with Gasteiger partial charge in [-0.1, -0.05) is 140 Å². The van der Waals surface area contributed by atoms with Gasteiger partial charge in [0.25, 0.3) is 0 Å². The molecule has 5 amide bonds. The van der Waals surface area contributed by atoms with Gasteiger partial charge in [0.05, 0.1) is 13.2 Å². The van der Waals surface area contributed by atoms with Crippen LogP contribution in [0, 0.1) is 0 Å². The van der Waals surface area contributed by atoms with Crippen molar-refractivity contribution in [1.82, 2.24) is 25.3 Å². The number of ether oxygens (including phenoxy) is 5. The Balaban J connectivity index is 0. The number of nitrogens with zero attached hydrogens (tertiary/aromatic N) is 3. The summed E-state index contributed by atoms with van der Waals surface area (Å²) >= 11 is 0. The maximum absolute atomic E-state index is 13.4. The van der Waals surface area contributed by atoms with Crippen molar-refractivity contribution in [1.29, 1.82) is 0 Å². The third kappa shape index (κ3) is 56.9. The number of aliphatic hydroxyl groups is 1. The first-order valence-electron chi connectivity index (χ1n) is 31.3. The minimum absolute atomic E-state index is 0.0361. The molecule has 0 aromatic carbocycles. The zero-order valence-corrected chi connectivity index (χ0v) is 54.0. The van der Waals surface area contributed by atoms with Gasteiger partial charge >= 0.3 is 30.5 Å². The van der Waals surface area contributed by atoms with E-state index >= 15 is 0 Å². The highest BCUT2D eigenvalue weighted by Crippen LogP contribution is 2.15. The summed E-state index contributed by atoms with van der Waals surface area (Å²) in [6, 6.07) is 0. The number of rotatable bonds is 41. The fourth-order valence-electron chi connectivity index (χ4n) is 7.79. The highest BCUT2D eigenvalue weighted by atomic mass is 16.6. The van der Waals surface area contributed by atoms with Gasteiger partial charge in [-0.05, 0) is 160 Å². The van der Waals surface area contributed by atoms with Crippen LogP contribution >= 0.6 is 0 Å². The van der Waals surface area contributed by atoms with Crippen LogP contribution in [0.2, 0.25) is 0 Å². The molecule has 0 fully saturated rings. The average molecular weight is 1150 g/mol. The van der Waals surface area contributed by atoms with Crippen molar-refractivity contribution < 1.29 is 52.8 Å². The summed E-state index contributed by atoms with van der Waals surface area (Å²) in [5, 5.41) is 14.2. The summed E-state index contributed by atoms with van der Waals surface area (Å²) in [4.78, 5) is 66.7. The van der Waals surface area contributed by atoms with Crippen molar-refractivity contribution in [2.75, 3.05) is 65.6 Å². The molecule has 0 aliphatic carbocycles. The second-order valence-corrected chi connectivity index (χ2v) is 24.8. The second-order valence-electron chi connectivity index (χ2n) is 24.8. The van der Waals surface area contributed by atoms with Gasteiger partial charge in [0.15, 0.2) is 0 Å². The van der Waals surface area contributed by atoms with E-state index in [-0.39, 0.29) is 58.6 Å². The molecule has 0 aliphatic rings. The Morgan fingerprint density at radius 3 is 1.01 bits per heavy atom. The topological polar surface area (TPSA) is 186 Å². The minimum Gasteiger partial charge on any atom is -0.448 e. The van der Waals surface area contributed by atoms with Crippen molar-refractivity contribution in [2.24, 2.45) is 0 Å². The van der Waals surface area contributed by atoms with Gasteiger partial charge in [0.1, 0.15) is 29.0 Å². The summed E-state index contributed by atoms with van der Waals surface area (Å²) in [5.74, 6) is 0. The SMILES string of the molecule is CC(C)(C)OC(=O)NCCN(CCO)C(=O)OC(C)(C)C.CCCCC/C=C\C/C=C\CCCCCCCCN(CCCCCCCC/C=C\C/C=C\CCCCC)C(=O)OCCN(CCNC(=O)OC(C)(C)C)C(=O)OC(C)(C)C. The average Bonchev–Trinajstić information content (AvgIpc) is 3.36. The molecule has 0 atom stereocenters. The highest BCUT2D eigenvalue weighted by Gasteiger charge is 2.25. The van der Waals surface area contributed by atoms with Crippen LogP contribution in [0.3, 0.4) is 0 Å². The summed E-state index contributed by atoms with van der Waals surface area (Å²) in [7, 11) is 0. The molecule has 0 saturated heterocycles. The molecule has 0 radical (unpaired) electrons. The Kier molecular flexibility index (Phi) is 47.2. The van der Waals surface area contributed by atoms with Crippen LogP contribution in [0.1, 0.15) is 251 Å². The number of aliphatic hydroxyl groups excluding tert-OH is 1. The van der Waals surface area contributed by atoms with Crippen molar-refractivity contribution in [3.63, 3.8) is 0 Å². The van der Waals surface area contributed by atoms with Gasteiger partial charge in [-0.25, -0.2) is 24.0 Å². The number of allylic oxidation sites excluding steroid dienone is 8. The molecule has 0 aliphatic heterocycles. The minimum atomic E-state index is -0.689. The van der Waals surface area contributed by atoms with Crippen molar-refractivity contribution >= 4 is 30.5 Å². The lowest BCUT2D eigenvalue weighted by atomic mass is 10.1.